The monoisotopic (exact) mass is 285 g/mol. The second-order valence-corrected chi connectivity index (χ2v) is 5.64. The van der Waals surface area contributed by atoms with E-state index >= 15 is 0 Å². The van der Waals surface area contributed by atoms with Crippen molar-refractivity contribution < 1.29 is 9.13 Å². The molecule has 0 amide bonds. The predicted octanol–water partition coefficient (Wildman–Crippen LogP) is 2.21. The van der Waals surface area contributed by atoms with Gasteiger partial charge in [-0.15, -0.1) is 0 Å². The van der Waals surface area contributed by atoms with Crippen molar-refractivity contribution in [3.8, 4) is 0 Å². The molecule has 0 aliphatic heterocycles. The molecule has 1 atom stereocenters. The Morgan fingerprint density at radius 2 is 1.84 bits per heavy atom. The Morgan fingerprint density at radius 1 is 1.26 bits per heavy atom. The highest BCUT2D eigenvalue weighted by atomic mass is 32.2. The number of benzene rings is 1. The van der Waals surface area contributed by atoms with Gasteiger partial charge in [0.25, 0.3) is 0 Å². The van der Waals surface area contributed by atoms with E-state index < -0.39 is 15.7 Å². The van der Waals surface area contributed by atoms with Crippen molar-refractivity contribution in [2.75, 3.05) is 35.7 Å². The maximum absolute atomic E-state index is 11.2. The van der Waals surface area contributed by atoms with Crippen LogP contribution >= 0.6 is 0 Å². The molecule has 0 heterocycles. The summed E-state index contributed by atoms with van der Waals surface area (Å²) in [5, 5.41) is 17.2. The molecule has 2 N–H and O–H groups in total. The third-order valence-electron chi connectivity index (χ3n) is 2.49. The van der Waals surface area contributed by atoms with Crippen molar-refractivity contribution in [2.24, 2.45) is 0 Å². The topological polar surface area (TPSA) is 84.3 Å². The van der Waals surface area contributed by atoms with E-state index in [0.29, 0.717) is 30.2 Å². The molecule has 1 aromatic carbocycles. The Labute approximate surface area is 115 Å². The number of hydrogen-bond acceptors (Lipinski definition) is 5. The van der Waals surface area contributed by atoms with Crippen LogP contribution in [0.3, 0.4) is 0 Å². The van der Waals surface area contributed by atoms with Gasteiger partial charge in [0.1, 0.15) is 11.4 Å². The molecule has 0 fully saturated rings. The van der Waals surface area contributed by atoms with Crippen LogP contribution in [-0.2, 0) is 10.8 Å². The highest BCUT2D eigenvalue weighted by Gasteiger charge is 2.18. The second kappa shape index (κ2) is 7.73. The van der Waals surface area contributed by atoms with Gasteiger partial charge in [-0.25, -0.2) is 0 Å². The first-order valence-electron chi connectivity index (χ1n) is 6.11. The molecule has 0 saturated heterocycles. The average Bonchev–Trinajstić information content (AvgIpc) is 2.35. The summed E-state index contributed by atoms with van der Waals surface area (Å²) in [6, 6.07) is 5.11. The zero-order valence-corrected chi connectivity index (χ0v) is 12.0. The lowest BCUT2D eigenvalue weighted by molar-refractivity contribution is -0.383. The Balaban J connectivity index is 2.89. The summed E-state index contributed by atoms with van der Waals surface area (Å²) >= 11 is 0. The molecule has 0 saturated carbocycles. The normalized spacial score (nSPS) is 11.9. The van der Waals surface area contributed by atoms with Crippen molar-refractivity contribution in [3.05, 3.63) is 28.3 Å². The van der Waals surface area contributed by atoms with Gasteiger partial charge in [-0.2, -0.15) is 0 Å². The minimum atomic E-state index is -0.915. The summed E-state index contributed by atoms with van der Waals surface area (Å²) in [6.45, 7) is 3.13. The number of nitro groups is 1. The van der Waals surface area contributed by atoms with E-state index in [1.165, 1.54) is 0 Å². The third-order valence-corrected chi connectivity index (χ3v) is 3.27. The largest absolute Gasteiger partial charge is 0.379 e. The van der Waals surface area contributed by atoms with Gasteiger partial charge in [-0.1, -0.05) is 13.0 Å². The summed E-state index contributed by atoms with van der Waals surface area (Å²) in [7, 11) is -0.915. The number of para-hydroxylation sites is 1. The van der Waals surface area contributed by atoms with Gasteiger partial charge in [0.15, 0.2) is 0 Å². The van der Waals surface area contributed by atoms with Crippen LogP contribution in [0.15, 0.2) is 18.2 Å². The van der Waals surface area contributed by atoms with Gasteiger partial charge in [0.05, 0.1) is 4.92 Å². The lowest BCUT2D eigenvalue weighted by Gasteiger charge is -2.10. The summed E-state index contributed by atoms with van der Waals surface area (Å²) in [4.78, 5) is 10.8. The Morgan fingerprint density at radius 3 is 2.32 bits per heavy atom. The fourth-order valence-corrected chi connectivity index (χ4v) is 2.00. The zero-order chi connectivity index (χ0) is 14.3. The second-order valence-electron chi connectivity index (χ2n) is 4.09. The van der Waals surface area contributed by atoms with Crippen LogP contribution in [0.25, 0.3) is 0 Å². The van der Waals surface area contributed by atoms with E-state index in [9.17, 15) is 14.3 Å². The van der Waals surface area contributed by atoms with Crippen molar-refractivity contribution >= 4 is 27.9 Å². The van der Waals surface area contributed by atoms with Crippen molar-refractivity contribution in [3.63, 3.8) is 0 Å². The molecule has 0 aliphatic rings. The number of nitrogens with one attached hydrogen (secondary N) is 2. The van der Waals surface area contributed by atoms with E-state index in [1.807, 2.05) is 6.92 Å². The molecule has 19 heavy (non-hydrogen) atoms. The van der Waals surface area contributed by atoms with Crippen LogP contribution in [-0.4, -0.2) is 34.2 Å². The van der Waals surface area contributed by atoms with Gasteiger partial charge < -0.3 is 10.6 Å². The molecule has 0 aliphatic carbocycles. The highest BCUT2D eigenvalue weighted by molar-refractivity contribution is 7.84. The SMILES string of the molecule is CCCNc1cccc(NCCS(C)=O)c1[N+](=O)[O-]. The molecule has 6 nitrogen and oxygen atoms in total. The standard InChI is InChI=1S/C12H19N3O3S/c1-3-7-13-10-5-4-6-11(12(10)15(16)17)14-8-9-19(2)18/h4-6,13-14H,3,7-9H2,1-2H3. The van der Waals surface area contributed by atoms with E-state index in [2.05, 4.69) is 10.6 Å². The predicted molar refractivity (Wildman–Crippen MR) is 79.3 cm³/mol. The van der Waals surface area contributed by atoms with Crippen LogP contribution in [0.4, 0.5) is 17.1 Å². The Kier molecular flexibility index (Phi) is 6.27. The number of nitro benzene ring substituents is 1. The van der Waals surface area contributed by atoms with Gasteiger partial charge in [0.2, 0.25) is 0 Å². The summed E-state index contributed by atoms with van der Waals surface area (Å²) in [5.41, 5.74) is 1.00. The summed E-state index contributed by atoms with van der Waals surface area (Å²) in [6.07, 6.45) is 2.50. The third kappa shape index (κ3) is 4.86. The fraction of sp³-hybridized carbons (Fsp3) is 0.500. The number of anilines is 2. The smallest absolute Gasteiger partial charge is 0.315 e. The first kappa shape index (κ1) is 15.4. The maximum Gasteiger partial charge on any atom is 0.315 e. The van der Waals surface area contributed by atoms with Crippen LogP contribution in [0.2, 0.25) is 0 Å². The minimum absolute atomic E-state index is 0.0397. The lowest BCUT2D eigenvalue weighted by Crippen LogP contribution is -2.12. The van der Waals surface area contributed by atoms with Gasteiger partial charge >= 0.3 is 5.69 Å². The van der Waals surface area contributed by atoms with E-state index in [0.717, 1.165) is 6.42 Å². The first-order valence-corrected chi connectivity index (χ1v) is 7.84. The number of rotatable bonds is 8. The van der Waals surface area contributed by atoms with Gasteiger partial charge in [0, 0.05) is 35.9 Å². The highest BCUT2D eigenvalue weighted by Crippen LogP contribution is 2.32. The zero-order valence-electron chi connectivity index (χ0n) is 11.1. The first-order chi connectivity index (χ1) is 9.06. The molecular formula is C12H19N3O3S. The van der Waals surface area contributed by atoms with Crippen LogP contribution in [0, 0.1) is 10.1 Å². The average molecular weight is 285 g/mol. The molecule has 0 spiro atoms. The maximum atomic E-state index is 11.2. The van der Waals surface area contributed by atoms with Crippen LogP contribution in [0.5, 0.6) is 0 Å². The number of hydrogen-bond donors (Lipinski definition) is 2. The minimum Gasteiger partial charge on any atom is -0.379 e. The quantitative estimate of drug-likeness (QED) is 0.565. The van der Waals surface area contributed by atoms with Gasteiger partial charge in [-0.3, -0.25) is 14.3 Å². The molecular weight excluding hydrogens is 266 g/mol. The molecule has 1 aromatic rings. The molecule has 7 heteroatoms. The van der Waals surface area contributed by atoms with Crippen molar-refractivity contribution in [1.29, 1.82) is 0 Å². The lowest BCUT2D eigenvalue weighted by atomic mass is 10.2. The van der Waals surface area contributed by atoms with E-state index in [1.54, 1.807) is 24.5 Å². The molecule has 106 valence electrons. The van der Waals surface area contributed by atoms with Crippen molar-refractivity contribution in [2.45, 2.75) is 13.3 Å². The van der Waals surface area contributed by atoms with Crippen molar-refractivity contribution in [1.82, 2.24) is 0 Å². The fourth-order valence-electron chi connectivity index (χ4n) is 1.61. The molecule has 0 radical (unpaired) electrons. The Bertz CT molecular complexity index is 466. The van der Waals surface area contributed by atoms with Crippen LogP contribution in [0.1, 0.15) is 13.3 Å². The molecule has 0 aromatic heterocycles. The molecule has 1 rings (SSSR count). The number of nitrogens with zero attached hydrogens (tertiary/aromatic N) is 1. The summed E-state index contributed by atoms with van der Waals surface area (Å²) < 4.78 is 11.0. The molecule has 1 unspecified atom stereocenters. The molecule has 0 bridgehead atoms. The van der Waals surface area contributed by atoms with E-state index in [4.69, 9.17) is 0 Å². The van der Waals surface area contributed by atoms with Crippen LogP contribution < -0.4 is 10.6 Å². The summed E-state index contributed by atoms with van der Waals surface area (Å²) in [5.74, 6) is 0.462. The van der Waals surface area contributed by atoms with Gasteiger partial charge in [-0.05, 0) is 18.6 Å². The Hall–Kier alpha value is -1.63. The van der Waals surface area contributed by atoms with E-state index in [-0.39, 0.29) is 5.69 Å².